The summed E-state index contributed by atoms with van der Waals surface area (Å²) in [7, 11) is -4.30. The Morgan fingerprint density at radius 3 is 2.27 bits per heavy atom. The molecule has 0 amide bonds. The van der Waals surface area contributed by atoms with Crippen LogP contribution in [0.2, 0.25) is 0 Å². The average molecular weight is 338 g/mol. The first kappa shape index (κ1) is 16.9. The predicted molar refractivity (Wildman–Crippen MR) is 88.4 cm³/mol. The van der Waals surface area contributed by atoms with Gasteiger partial charge < -0.3 is 0 Å². The van der Waals surface area contributed by atoms with E-state index in [-0.39, 0.29) is 16.6 Å². The Bertz CT molecular complexity index is 830. The van der Waals surface area contributed by atoms with Crippen molar-refractivity contribution in [3.63, 3.8) is 0 Å². The van der Waals surface area contributed by atoms with Gasteiger partial charge in [0.25, 0.3) is 10.1 Å². The third-order valence-corrected chi connectivity index (χ3v) is 5.58. The van der Waals surface area contributed by atoms with Gasteiger partial charge in [0, 0.05) is 4.88 Å². The second-order valence-electron chi connectivity index (χ2n) is 5.52. The third kappa shape index (κ3) is 3.14. The Morgan fingerprint density at radius 1 is 1.18 bits per heavy atom. The SMILES string of the molecule is CC(=O)c1ccc(-c2c(C)ccc(S(=O)(=O)O)c2C(C)C)s1. The molecule has 0 atom stereocenters. The molecule has 6 heteroatoms. The van der Waals surface area contributed by atoms with Crippen molar-refractivity contribution in [2.24, 2.45) is 0 Å². The quantitative estimate of drug-likeness (QED) is 0.666. The minimum atomic E-state index is -4.30. The molecule has 0 fully saturated rings. The topological polar surface area (TPSA) is 71.4 Å². The Kier molecular flexibility index (Phi) is 4.56. The maximum atomic E-state index is 11.7. The lowest BCUT2D eigenvalue weighted by atomic mass is 9.93. The van der Waals surface area contributed by atoms with Crippen molar-refractivity contribution in [3.8, 4) is 10.4 Å². The fraction of sp³-hybridized carbons (Fsp3) is 0.312. The molecule has 1 aromatic heterocycles. The molecule has 0 aliphatic rings. The summed E-state index contributed by atoms with van der Waals surface area (Å²) in [6, 6.07) is 6.68. The zero-order chi connectivity index (χ0) is 16.7. The highest BCUT2D eigenvalue weighted by molar-refractivity contribution is 7.85. The molecule has 0 saturated heterocycles. The molecule has 0 bridgehead atoms. The molecule has 0 aliphatic heterocycles. The van der Waals surface area contributed by atoms with Crippen molar-refractivity contribution in [2.45, 2.75) is 38.5 Å². The molecular formula is C16H18O4S2. The number of thiophene rings is 1. The van der Waals surface area contributed by atoms with Crippen LogP contribution in [0.15, 0.2) is 29.2 Å². The Labute approximate surface area is 134 Å². The highest BCUT2D eigenvalue weighted by atomic mass is 32.2. The zero-order valence-electron chi connectivity index (χ0n) is 12.9. The molecule has 4 nitrogen and oxygen atoms in total. The van der Waals surface area contributed by atoms with Crippen molar-refractivity contribution < 1.29 is 17.8 Å². The smallest absolute Gasteiger partial charge is 0.294 e. The number of rotatable bonds is 4. The van der Waals surface area contributed by atoms with Crippen LogP contribution >= 0.6 is 11.3 Å². The second kappa shape index (κ2) is 5.95. The van der Waals surface area contributed by atoms with Crippen molar-refractivity contribution >= 4 is 27.2 Å². The van der Waals surface area contributed by atoms with E-state index in [1.165, 1.54) is 24.3 Å². The maximum absolute atomic E-state index is 11.7. The standard InChI is InChI=1S/C16H18O4S2/c1-9(2)15-14(22(18,19)20)8-5-10(3)16(15)13-7-6-12(21-13)11(4)17/h5-9H,1-4H3,(H,18,19,20). The van der Waals surface area contributed by atoms with Gasteiger partial charge in [-0.15, -0.1) is 11.3 Å². The van der Waals surface area contributed by atoms with E-state index < -0.39 is 10.1 Å². The highest BCUT2D eigenvalue weighted by Gasteiger charge is 2.23. The summed E-state index contributed by atoms with van der Waals surface area (Å²) in [4.78, 5) is 12.9. The number of hydrogen-bond acceptors (Lipinski definition) is 4. The number of benzene rings is 1. The molecule has 1 N–H and O–H groups in total. The van der Waals surface area contributed by atoms with Gasteiger partial charge in [-0.25, -0.2) is 0 Å². The third-order valence-electron chi connectivity index (χ3n) is 3.47. The molecule has 0 spiro atoms. The lowest BCUT2D eigenvalue weighted by Crippen LogP contribution is -2.07. The lowest BCUT2D eigenvalue weighted by Gasteiger charge is -2.18. The van der Waals surface area contributed by atoms with Crippen molar-refractivity contribution in [1.82, 2.24) is 0 Å². The normalized spacial score (nSPS) is 11.9. The number of carbonyl (C=O) groups is 1. The number of hydrogen-bond donors (Lipinski definition) is 1. The lowest BCUT2D eigenvalue weighted by molar-refractivity contribution is 0.102. The van der Waals surface area contributed by atoms with Crippen LogP contribution in [-0.4, -0.2) is 18.8 Å². The summed E-state index contributed by atoms with van der Waals surface area (Å²) in [6.45, 7) is 7.15. The summed E-state index contributed by atoms with van der Waals surface area (Å²) in [5.41, 5.74) is 2.27. The van der Waals surface area contributed by atoms with E-state index in [0.717, 1.165) is 16.0 Å². The van der Waals surface area contributed by atoms with Gasteiger partial charge in [0.15, 0.2) is 5.78 Å². The molecule has 2 aromatic rings. The maximum Gasteiger partial charge on any atom is 0.294 e. The molecule has 0 aliphatic carbocycles. The molecule has 118 valence electrons. The molecule has 0 radical (unpaired) electrons. The van der Waals surface area contributed by atoms with Gasteiger partial charge in [-0.2, -0.15) is 8.42 Å². The molecule has 1 aromatic carbocycles. The van der Waals surface area contributed by atoms with Crippen LogP contribution < -0.4 is 0 Å². The first-order valence-electron chi connectivity index (χ1n) is 6.85. The van der Waals surface area contributed by atoms with Gasteiger partial charge in [-0.1, -0.05) is 19.9 Å². The van der Waals surface area contributed by atoms with Crippen LogP contribution in [0.4, 0.5) is 0 Å². The Morgan fingerprint density at radius 2 is 1.82 bits per heavy atom. The largest absolute Gasteiger partial charge is 0.294 e. The Hall–Kier alpha value is -1.50. The summed E-state index contributed by atoms with van der Waals surface area (Å²) >= 11 is 1.33. The van der Waals surface area contributed by atoms with Gasteiger partial charge >= 0.3 is 0 Å². The highest BCUT2D eigenvalue weighted by Crippen LogP contribution is 2.39. The van der Waals surface area contributed by atoms with Crippen molar-refractivity contribution in [3.05, 3.63) is 40.3 Å². The Balaban J connectivity index is 2.81. The van der Waals surface area contributed by atoms with Crippen molar-refractivity contribution in [1.29, 1.82) is 0 Å². The fourth-order valence-electron chi connectivity index (χ4n) is 2.50. The molecule has 0 unspecified atom stereocenters. The molecule has 22 heavy (non-hydrogen) atoms. The number of Topliss-reactive ketones (excluding diaryl/α,β-unsaturated/α-hetero) is 1. The van der Waals surface area contributed by atoms with E-state index in [4.69, 9.17) is 0 Å². The van der Waals surface area contributed by atoms with E-state index >= 15 is 0 Å². The average Bonchev–Trinajstić information content (AvgIpc) is 2.86. The van der Waals surface area contributed by atoms with Crippen LogP contribution in [-0.2, 0) is 10.1 Å². The second-order valence-corrected chi connectivity index (χ2v) is 7.99. The van der Waals surface area contributed by atoms with E-state index in [1.54, 1.807) is 12.1 Å². The number of ketones is 1. The number of aryl methyl sites for hydroxylation is 1. The van der Waals surface area contributed by atoms with Gasteiger partial charge in [0.2, 0.25) is 0 Å². The summed E-state index contributed by atoms with van der Waals surface area (Å²) in [5.74, 6) is -0.111. The number of carbonyl (C=O) groups excluding carboxylic acids is 1. The van der Waals surface area contributed by atoms with Crippen LogP contribution in [0.25, 0.3) is 10.4 Å². The minimum Gasteiger partial charge on any atom is -0.294 e. The molecule has 1 heterocycles. The molecule has 2 rings (SSSR count). The summed E-state index contributed by atoms with van der Waals surface area (Å²) in [6.07, 6.45) is 0. The van der Waals surface area contributed by atoms with Crippen LogP contribution in [0.3, 0.4) is 0 Å². The van der Waals surface area contributed by atoms with E-state index in [1.807, 2.05) is 26.8 Å². The zero-order valence-corrected chi connectivity index (χ0v) is 14.5. The van der Waals surface area contributed by atoms with Gasteiger partial charge in [0.1, 0.15) is 0 Å². The molecule has 0 saturated carbocycles. The fourth-order valence-corrected chi connectivity index (χ4v) is 4.38. The first-order chi connectivity index (χ1) is 10.1. The van der Waals surface area contributed by atoms with Crippen LogP contribution in [0.1, 0.15) is 47.5 Å². The summed E-state index contributed by atoms with van der Waals surface area (Å²) in [5, 5.41) is 0. The van der Waals surface area contributed by atoms with Crippen LogP contribution in [0, 0.1) is 6.92 Å². The molecular weight excluding hydrogens is 320 g/mol. The summed E-state index contributed by atoms with van der Waals surface area (Å²) < 4.78 is 32.8. The minimum absolute atomic E-state index is 0.0223. The van der Waals surface area contributed by atoms with Gasteiger partial charge in [-0.3, -0.25) is 9.35 Å². The first-order valence-corrected chi connectivity index (χ1v) is 9.10. The predicted octanol–water partition coefficient (Wildman–Crippen LogP) is 4.30. The van der Waals surface area contributed by atoms with E-state index in [0.29, 0.717) is 10.4 Å². The van der Waals surface area contributed by atoms with E-state index in [9.17, 15) is 17.8 Å². The van der Waals surface area contributed by atoms with Crippen LogP contribution in [0.5, 0.6) is 0 Å². The van der Waals surface area contributed by atoms with Gasteiger partial charge in [-0.05, 0) is 54.7 Å². The van der Waals surface area contributed by atoms with Gasteiger partial charge in [0.05, 0.1) is 9.77 Å². The van der Waals surface area contributed by atoms with Crippen molar-refractivity contribution in [2.75, 3.05) is 0 Å². The van der Waals surface area contributed by atoms with E-state index in [2.05, 4.69) is 0 Å². The monoisotopic (exact) mass is 338 g/mol.